The lowest BCUT2D eigenvalue weighted by atomic mass is 9.97. The van der Waals surface area contributed by atoms with Crippen molar-refractivity contribution in [2.45, 2.75) is 59.2 Å². The lowest BCUT2D eigenvalue weighted by Crippen LogP contribution is -2.42. The normalized spacial score (nSPS) is 15.7. The molecule has 0 aromatic heterocycles. The molecule has 0 unspecified atom stereocenters. The van der Waals surface area contributed by atoms with Crippen LogP contribution in [0.5, 0.6) is 5.75 Å². The molecule has 0 saturated carbocycles. The van der Waals surface area contributed by atoms with E-state index in [0.717, 1.165) is 24.3 Å². The van der Waals surface area contributed by atoms with Gasteiger partial charge < -0.3 is 25.4 Å². The molecule has 7 nitrogen and oxygen atoms in total. The van der Waals surface area contributed by atoms with Crippen molar-refractivity contribution in [3.63, 3.8) is 0 Å². The van der Waals surface area contributed by atoms with Crippen molar-refractivity contribution in [3.05, 3.63) is 24.3 Å². The molecule has 1 fully saturated rings. The number of guanidine groups is 1. The number of benzene rings is 1. The summed E-state index contributed by atoms with van der Waals surface area (Å²) in [5.41, 5.74) is 6.42. The van der Waals surface area contributed by atoms with Crippen LogP contribution >= 0.6 is 24.0 Å². The van der Waals surface area contributed by atoms with Crippen molar-refractivity contribution in [3.8, 4) is 5.75 Å². The van der Waals surface area contributed by atoms with Crippen LogP contribution in [0.3, 0.4) is 0 Å². The fourth-order valence-corrected chi connectivity index (χ4v) is 2.93. The van der Waals surface area contributed by atoms with E-state index in [1.165, 1.54) is 0 Å². The number of carbonyl (C=O) groups excluding carboxylic acids is 1. The van der Waals surface area contributed by atoms with Crippen LogP contribution in [-0.4, -0.2) is 48.3 Å². The Bertz CT molecular complexity index is 663. The Labute approximate surface area is 191 Å². The summed E-state index contributed by atoms with van der Waals surface area (Å²) in [7, 11) is 0. The van der Waals surface area contributed by atoms with E-state index >= 15 is 0 Å². The number of likely N-dealkylation sites (tertiary alicyclic amines) is 1. The maximum Gasteiger partial charge on any atom is 0.410 e. The molecular formula is C21H35IN4O3. The van der Waals surface area contributed by atoms with E-state index in [0.29, 0.717) is 31.5 Å². The third-order valence-corrected chi connectivity index (χ3v) is 4.28. The smallest absolute Gasteiger partial charge is 0.410 e. The summed E-state index contributed by atoms with van der Waals surface area (Å²) < 4.78 is 11.1. The second kappa shape index (κ2) is 11.5. The molecule has 0 bridgehead atoms. The second-order valence-electron chi connectivity index (χ2n) is 8.45. The van der Waals surface area contributed by atoms with Crippen molar-refractivity contribution >= 4 is 41.7 Å². The quantitative estimate of drug-likeness (QED) is 0.341. The summed E-state index contributed by atoms with van der Waals surface area (Å²) in [4.78, 5) is 18.3. The number of nitrogens with one attached hydrogen (secondary N) is 1. The molecular weight excluding hydrogens is 483 g/mol. The number of aliphatic imine (C=N–C) groups is 1. The Kier molecular flexibility index (Phi) is 10.0. The van der Waals surface area contributed by atoms with Crippen LogP contribution in [0.4, 0.5) is 10.5 Å². The Balaban J connectivity index is 0.00000420. The molecule has 8 heteroatoms. The average Bonchev–Trinajstić information content (AvgIpc) is 2.60. The van der Waals surface area contributed by atoms with Gasteiger partial charge in [-0.25, -0.2) is 4.79 Å². The number of carbonyl (C=O) groups is 1. The van der Waals surface area contributed by atoms with Gasteiger partial charge in [0.2, 0.25) is 0 Å². The number of nitrogens with two attached hydrogens (primary N) is 1. The fourth-order valence-electron chi connectivity index (χ4n) is 2.93. The third-order valence-electron chi connectivity index (χ3n) is 4.28. The van der Waals surface area contributed by atoms with Crippen LogP contribution in [-0.2, 0) is 4.74 Å². The first-order valence-electron chi connectivity index (χ1n) is 9.94. The van der Waals surface area contributed by atoms with Gasteiger partial charge in [-0.3, -0.25) is 4.99 Å². The number of hydrogen-bond acceptors (Lipinski definition) is 4. The zero-order chi connectivity index (χ0) is 20.7. The van der Waals surface area contributed by atoms with Gasteiger partial charge >= 0.3 is 6.09 Å². The molecule has 2 rings (SSSR count). The van der Waals surface area contributed by atoms with Crippen molar-refractivity contribution in [1.82, 2.24) is 4.90 Å². The Morgan fingerprint density at radius 2 is 1.83 bits per heavy atom. The molecule has 0 aliphatic carbocycles. The predicted octanol–water partition coefficient (Wildman–Crippen LogP) is 4.47. The van der Waals surface area contributed by atoms with Crippen molar-refractivity contribution in [2.24, 2.45) is 16.6 Å². The van der Waals surface area contributed by atoms with Gasteiger partial charge in [0, 0.05) is 25.3 Å². The van der Waals surface area contributed by atoms with Gasteiger partial charge in [0.25, 0.3) is 0 Å². The maximum absolute atomic E-state index is 12.1. The molecule has 0 radical (unpaired) electrons. The number of ether oxygens (including phenoxy) is 2. The van der Waals surface area contributed by atoms with Gasteiger partial charge in [-0.05, 0) is 77.6 Å². The van der Waals surface area contributed by atoms with E-state index in [2.05, 4.69) is 10.3 Å². The van der Waals surface area contributed by atoms with Gasteiger partial charge in [0.05, 0.1) is 6.10 Å². The van der Waals surface area contributed by atoms with E-state index in [1.807, 2.05) is 58.9 Å². The summed E-state index contributed by atoms with van der Waals surface area (Å²) in [5, 5.41) is 3.10. The SMILES string of the molecule is CC(C)Oc1ccc(NC(N)=NCC2CCN(C(=O)OC(C)(C)C)CC2)cc1.I. The lowest BCUT2D eigenvalue weighted by Gasteiger charge is -2.33. The first-order chi connectivity index (χ1) is 13.1. The molecule has 0 atom stereocenters. The van der Waals surface area contributed by atoms with E-state index in [4.69, 9.17) is 15.2 Å². The third kappa shape index (κ3) is 9.56. The number of nitrogens with zero attached hydrogens (tertiary/aromatic N) is 2. The first-order valence-corrected chi connectivity index (χ1v) is 9.94. The van der Waals surface area contributed by atoms with Crippen LogP contribution in [0.15, 0.2) is 29.3 Å². The standard InChI is InChI=1S/C21H34N4O3.HI/c1-15(2)27-18-8-6-17(7-9-18)24-19(22)23-14-16-10-12-25(13-11-16)20(26)28-21(3,4)5;/h6-9,15-16H,10-14H2,1-5H3,(H3,22,23,24);1H. The highest BCUT2D eigenvalue weighted by Gasteiger charge is 2.26. The van der Waals surface area contributed by atoms with Crippen LogP contribution in [0.25, 0.3) is 0 Å². The summed E-state index contributed by atoms with van der Waals surface area (Å²) in [6.45, 7) is 11.7. The topological polar surface area (TPSA) is 89.2 Å². The number of halogens is 1. The lowest BCUT2D eigenvalue weighted by molar-refractivity contribution is 0.0187. The summed E-state index contributed by atoms with van der Waals surface area (Å²) in [5.74, 6) is 1.64. The van der Waals surface area contributed by atoms with Crippen LogP contribution in [0, 0.1) is 5.92 Å². The van der Waals surface area contributed by atoms with E-state index in [9.17, 15) is 4.79 Å². The minimum Gasteiger partial charge on any atom is -0.491 e. The number of hydrogen-bond donors (Lipinski definition) is 2. The van der Waals surface area contributed by atoms with Gasteiger partial charge in [-0.15, -0.1) is 24.0 Å². The van der Waals surface area contributed by atoms with Crippen LogP contribution in [0.2, 0.25) is 0 Å². The molecule has 3 N–H and O–H groups in total. The zero-order valence-electron chi connectivity index (χ0n) is 18.1. The number of piperidine rings is 1. The molecule has 1 saturated heterocycles. The van der Waals surface area contributed by atoms with Gasteiger partial charge in [-0.1, -0.05) is 0 Å². The number of amides is 1. The first kappa shape index (κ1) is 25.3. The zero-order valence-corrected chi connectivity index (χ0v) is 20.4. The molecule has 164 valence electrons. The second-order valence-corrected chi connectivity index (χ2v) is 8.45. The van der Waals surface area contributed by atoms with Gasteiger partial charge in [0.15, 0.2) is 5.96 Å². The predicted molar refractivity (Wildman–Crippen MR) is 128 cm³/mol. The monoisotopic (exact) mass is 518 g/mol. The Morgan fingerprint density at radius 1 is 1.24 bits per heavy atom. The molecule has 1 aliphatic rings. The van der Waals surface area contributed by atoms with Gasteiger partial charge in [-0.2, -0.15) is 0 Å². The van der Waals surface area contributed by atoms with E-state index < -0.39 is 5.60 Å². The minimum absolute atomic E-state index is 0. The minimum atomic E-state index is -0.461. The Morgan fingerprint density at radius 3 is 2.34 bits per heavy atom. The summed E-state index contributed by atoms with van der Waals surface area (Å²) in [6, 6.07) is 7.64. The molecule has 0 spiro atoms. The molecule has 1 aromatic carbocycles. The highest BCUT2D eigenvalue weighted by Crippen LogP contribution is 2.20. The van der Waals surface area contributed by atoms with Crippen LogP contribution in [0.1, 0.15) is 47.5 Å². The number of anilines is 1. The maximum atomic E-state index is 12.1. The fraction of sp³-hybridized carbons (Fsp3) is 0.619. The molecule has 1 aliphatic heterocycles. The highest BCUT2D eigenvalue weighted by molar-refractivity contribution is 14.0. The molecule has 1 amide bonds. The van der Waals surface area contributed by atoms with Crippen molar-refractivity contribution in [2.75, 3.05) is 25.0 Å². The van der Waals surface area contributed by atoms with Crippen molar-refractivity contribution in [1.29, 1.82) is 0 Å². The average molecular weight is 518 g/mol. The van der Waals surface area contributed by atoms with E-state index in [1.54, 1.807) is 4.90 Å². The molecule has 1 aromatic rings. The highest BCUT2D eigenvalue weighted by atomic mass is 127. The number of rotatable bonds is 5. The molecule has 29 heavy (non-hydrogen) atoms. The van der Waals surface area contributed by atoms with Gasteiger partial charge in [0.1, 0.15) is 11.4 Å². The van der Waals surface area contributed by atoms with E-state index in [-0.39, 0.29) is 36.2 Å². The van der Waals surface area contributed by atoms with Crippen molar-refractivity contribution < 1.29 is 14.3 Å². The Hall–Kier alpha value is -1.71. The summed E-state index contributed by atoms with van der Waals surface area (Å²) in [6.07, 6.45) is 1.71. The molecule has 1 heterocycles. The largest absolute Gasteiger partial charge is 0.491 e. The van der Waals surface area contributed by atoms with Crippen LogP contribution < -0.4 is 15.8 Å². The summed E-state index contributed by atoms with van der Waals surface area (Å²) >= 11 is 0.